The van der Waals surface area contributed by atoms with E-state index in [1.807, 2.05) is 19.9 Å². The van der Waals surface area contributed by atoms with Gasteiger partial charge in [0, 0.05) is 35.8 Å². The lowest BCUT2D eigenvalue weighted by molar-refractivity contribution is -0.137. The second kappa shape index (κ2) is 8.02. The van der Waals surface area contributed by atoms with E-state index < -0.39 is 17.8 Å². The number of aryl methyl sites for hydroxylation is 1. The standard InChI is InChI=1S/C20H21F3N4O/c1-3-18(28)11-17-12-19(26-27(17)16-7-8-24-13(2)9-16)25-15-6-4-5-14(10-15)20(21,22)23/h4-10,12,18,28H,3,11H2,1-2H3,(H,25,26). The Morgan fingerprint density at radius 3 is 2.64 bits per heavy atom. The fraction of sp³-hybridized carbons (Fsp3) is 0.300. The molecule has 0 aliphatic rings. The Bertz CT molecular complexity index is 953. The van der Waals surface area contributed by atoms with Crippen molar-refractivity contribution in [3.8, 4) is 5.69 Å². The van der Waals surface area contributed by atoms with Crippen molar-refractivity contribution in [3.05, 3.63) is 65.6 Å². The fourth-order valence-electron chi connectivity index (χ4n) is 2.82. The second-order valence-corrected chi connectivity index (χ2v) is 6.56. The van der Waals surface area contributed by atoms with E-state index in [1.165, 1.54) is 6.07 Å². The van der Waals surface area contributed by atoms with Crippen LogP contribution in [-0.4, -0.2) is 26.0 Å². The maximum absolute atomic E-state index is 12.9. The zero-order valence-corrected chi connectivity index (χ0v) is 15.5. The van der Waals surface area contributed by atoms with Crippen LogP contribution in [0.1, 0.15) is 30.3 Å². The largest absolute Gasteiger partial charge is 0.416 e. The predicted octanol–water partition coefficient (Wildman–Crippen LogP) is 4.65. The average Bonchev–Trinajstić information content (AvgIpc) is 3.03. The summed E-state index contributed by atoms with van der Waals surface area (Å²) in [7, 11) is 0. The number of halogens is 3. The topological polar surface area (TPSA) is 63.0 Å². The molecule has 2 aromatic heterocycles. The van der Waals surface area contributed by atoms with Crippen LogP contribution in [0.5, 0.6) is 0 Å². The molecule has 1 atom stereocenters. The molecule has 0 saturated carbocycles. The minimum atomic E-state index is -4.41. The van der Waals surface area contributed by atoms with Gasteiger partial charge in [0.05, 0.1) is 17.4 Å². The fourth-order valence-corrected chi connectivity index (χ4v) is 2.82. The van der Waals surface area contributed by atoms with E-state index in [4.69, 9.17) is 0 Å². The monoisotopic (exact) mass is 390 g/mol. The van der Waals surface area contributed by atoms with Crippen LogP contribution in [0.25, 0.3) is 5.69 Å². The molecule has 5 nitrogen and oxygen atoms in total. The Labute approximate surface area is 160 Å². The zero-order valence-electron chi connectivity index (χ0n) is 15.5. The van der Waals surface area contributed by atoms with Crippen LogP contribution in [0.15, 0.2) is 48.7 Å². The van der Waals surface area contributed by atoms with Crippen molar-refractivity contribution in [2.75, 3.05) is 5.32 Å². The molecule has 0 aliphatic heterocycles. The van der Waals surface area contributed by atoms with Gasteiger partial charge in [-0.1, -0.05) is 13.0 Å². The molecular formula is C20H21F3N4O. The van der Waals surface area contributed by atoms with E-state index in [1.54, 1.807) is 29.1 Å². The number of rotatable bonds is 6. The van der Waals surface area contributed by atoms with E-state index in [9.17, 15) is 18.3 Å². The second-order valence-electron chi connectivity index (χ2n) is 6.56. The molecule has 0 bridgehead atoms. The highest BCUT2D eigenvalue weighted by molar-refractivity contribution is 5.58. The number of pyridine rings is 1. The van der Waals surface area contributed by atoms with Crippen LogP contribution in [0.2, 0.25) is 0 Å². The van der Waals surface area contributed by atoms with E-state index >= 15 is 0 Å². The van der Waals surface area contributed by atoms with Gasteiger partial charge in [-0.2, -0.15) is 13.2 Å². The molecule has 1 aromatic carbocycles. The summed E-state index contributed by atoms with van der Waals surface area (Å²) < 4.78 is 40.5. The van der Waals surface area contributed by atoms with Gasteiger partial charge in [0.15, 0.2) is 5.82 Å². The van der Waals surface area contributed by atoms with Crippen molar-refractivity contribution < 1.29 is 18.3 Å². The summed E-state index contributed by atoms with van der Waals surface area (Å²) >= 11 is 0. The quantitative estimate of drug-likeness (QED) is 0.643. The molecule has 28 heavy (non-hydrogen) atoms. The molecule has 1 unspecified atom stereocenters. The first kappa shape index (κ1) is 19.9. The minimum absolute atomic E-state index is 0.285. The lowest BCUT2D eigenvalue weighted by atomic mass is 10.1. The van der Waals surface area contributed by atoms with Crippen LogP contribution in [-0.2, 0) is 12.6 Å². The van der Waals surface area contributed by atoms with E-state index in [0.29, 0.717) is 18.7 Å². The summed E-state index contributed by atoms with van der Waals surface area (Å²) in [6.07, 6.45) is -2.35. The Balaban J connectivity index is 1.95. The van der Waals surface area contributed by atoms with Gasteiger partial charge in [-0.15, -0.1) is 5.10 Å². The first-order valence-electron chi connectivity index (χ1n) is 8.90. The number of alkyl halides is 3. The van der Waals surface area contributed by atoms with Crippen LogP contribution < -0.4 is 5.32 Å². The highest BCUT2D eigenvalue weighted by Gasteiger charge is 2.30. The van der Waals surface area contributed by atoms with Crippen LogP contribution >= 0.6 is 0 Å². The zero-order chi connectivity index (χ0) is 20.3. The van der Waals surface area contributed by atoms with Crippen LogP contribution in [0.3, 0.4) is 0 Å². The van der Waals surface area contributed by atoms with Crippen molar-refractivity contribution in [3.63, 3.8) is 0 Å². The average molecular weight is 390 g/mol. The first-order chi connectivity index (χ1) is 13.3. The van der Waals surface area contributed by atoms with Gasteiger partial charge in [0.2, 0.25) is 0 Å². The van der Waals surface area contributed by atoms with Crippen molar-refractivity contribution in [2.45, 2.75) is 39.0 Å². The van der Waals surface area contributed by atoms with Gasteiger partial charge >= 0.3 is 6.18 Å². The van der Waals surface area contributed by atoms with Gasteiger partial charge in [0.1, 0.15) is 0 Å². The van der Waals surface area contributed by atoms with Crippen LogP contribution in [0, 0.1) is 6.92 Å². The molecule has 3 rings (SSSR count). The number of aromatic nitrogens is 3. The molecule has 2 heterocycles. The highest BCUT2D eigenvalue weighted by Crippen LogP contribution is 2.31. The molecule has 148 valence electrons. The summed E-state index contributed by atoms with van der Waals surface area (Å²) in [5.41, 5.74) is 1.87. The third-order valence-corrected chi connectivity index (χ3v) is 4.29. The Morgan fingerprint density at radius 1 is 1.18 bits per heavy atom. The number of nitrogens with one attached hydrogen (secondary N) is 1. The predicted molar refractivity (Wildman–Crippen MR) is 101 cm³/mol. The first-order valence-corrected chi connectivity index (χ1v) is 8.90. The molecule has 8 heteroatoms. The van der Waals surface area contributed by atoms with E-state index in [0.717, 1.165) is 29.2 Å². The third kappa shape index (κ3) is 4.69. The summed E-state index contributed by atoms with van der Waals surface area (Å²) in [6, 6.07) is 10.3. The van der Waals surface area contributed by atoms with Gasteiger partial charge in [-0.3, -0.25) is 4.98 Å². The van der Waals surface area contributed by atoms with Gasteiger partial charge in [0.25, 0.3) is 0 Å². The van der Waals surface area contributed by atoms with Crippen molar-refractivity contribution >= 4 is 11.5 Å². The van der Waals surface area contributed by atoms with Crippen molar-refractivity contribution in [1.29, 1.82) is 0 Å². The Morgan fingerprint density at radius 2 is 1.96 bits per heavy atom. The third-order valence-electron chi connectivity index (χ3n) is 4.29. The normalized spacial score (nSPS) is 12.8. The molecule has 0 saturated heterocycles. The maximum Gasteiger partial charge on any atom is 0.416 e. The number of benzene rings is 1. The summed E-state index contributed by atoms with van der Waals surface area (Å²) in [5.74, 6) is 0.395. The molecule has 0 aliphatic carbocycles. The molecule has 0 spiro atoms. The van der Waals surface area contributed by atoms with E-state index in [2.05, 4.69) is 15.4 Å². The van der Waals surface area contributed by atoms with Gasteiger partial charge in [-0.05, 0) is 43.7 Å². The number of aliphatic hydroxyl groups is 1. The Kier molecular flexibility index (Phi) is 5.69. The number of aliphatic hydroxyl groups excluding tert-OH is 1. The van der Waals surface area contributed by atoms with Crippen molar-refractivity contribution in [2.24, 2.45) is 0 Å². The number of hydrogen-bond acceptors (Lipinski definition) is 4. The molecule has 3 aromatic rings. The highest BCUT2D eigenvalue weighted by atomic mass is 19.4. The molecular weight excluding hydrogens is 369 g/mol. The summed E-state index contributed by atoms with van der Waals surface area (Å²) in [5, 5.41) is 17.5. The number of nitrogens with zero attached hydrogens (tertiary/aromatic N) is 3. The summed E-state index contributed by atoms with van der Waals surface area (Å²) in [6.45, 7) is 3.74. The van der Waals surface area contributed by atoms with Crippen LogP contribution in [0.4, 0.5) is 24.7 Å². The van der Waals surface area contributed by atoms with Gasteiger partial charge < -0.3 is 10.4 Å². The number of anilines is 2. The Hall–Kier alpha value is -2.87. The van der Waals surface area contributed by atoms with Crippen molar-refractivity contribution in [1.82, 2.24) is 14.8 Å². The summed E-state index contributed by atoms with van der Waals surface area (Å²) in [4.78, 5) is 4.17. The minimum Gasteiger partial charge on any atom is -0.393 e. The molecule has 2 N–H and O–H groups in total. The SMILES string of the molecule is CCC(O)Cc1cc(Nc2cccc(C(F)(F)F)c2)nn1-c1ccnc(C)c1. The molecule has 0 fully saturated rings. The maximum atomic E-state index is 12.9. The smallest absolute Gasteiger partial charge is 0.393 e. The van der Waals surface area contributed by atoms with E-state index in [-0.39, 0.29) is 5.69 Å². The lowest BCUT2D eigenvalue weighted by Gasteiger charge is -2.10. The lowest BCUT2D eigenvalue weighted by Crippen LogP contribution is -2.12. The molecule has 0 radical (unpaired) electrons. The number of hydrogen-bond donors (Lipinski definition) is 2. The van der Waals surface area contributed by atoms with Gasteiger partial charge in [-0.25, -0.2) is 4.68 Å². The molecule has 0 amide bonds.